The Kier molecular flexibility index (Phi) is 8.76. The summed E-state index contributed by atoms with van der Waals surface area (Å²) < 4.78 is 11.9. The van der Waals surface area contributed by atoms with Gasteiger partial charge in [-0.2, -0.15) is 5.10 Å². The minimum atomic E-state index is -0.665. The van der Waals surface area contributed by atoms with E-state index >= 15 is 0 Å². The lowest BCUT2D eigenvalue weighted by Gasteiger charge is -2.09. The van der Waals surface area contributed by atoms with Crippen molar-refractivity contribution in [2.45, 2.75) is 26.3 Å². The molecule has 1 aromatic heterocycles. The first kappa shape index (κ1) is 23.7. The molecule has 0 bridgehead atoms. The van der Waals surface area contributed by atoms with Gasteiger partial charge >= 0.3 is 5.97 Å². The van der Waals surface area contributed by atoms with E-state index in [2.05, 4.69) is 10.4 Å². The van der Waals surface area contributed by atoms with Crippen LogP contribution in [0.5, 0.6) is 5.75 Å². The lowest BCUT2D eigenvalue weighted by molar-refractivity contribution is -0.121. The van der Waals surface area contributed by atoms with Crippen molar-refractivity contribution >= 4 is 11.9 Å². The second-order valence-electron chi connectivity index (χ2n) is 7.41. The fourth-order valence-corrected chi connectivity index (χ4v) is 2.99. The third kappa shape index (κ3) is 7.92. The van der Waals surface area contributed by atoms with E-state index in [0.717, 1.165) is 10.2 Å². The summed E-state index contributed by atoms with van der Waals surface area (Å²) in [6, 6.07) is 19.8. The number of ether oxygens (including phenoxy) is 2. The van der Waals surface area contributed by atoms with Crippen LogP contribution in [0.15, 0.2) is 71.5 Å². The molecule has 1 heterocycles. The molecule has 1 amide bonds. The Morgan fingerprint density at radius 1 is 0.970 bits per heavy atom. The Morgan fingerprint density at radius 3 is 2.48 bits per heavy atom. The zero-order valence-corrected chi connectivity index (χ0v) is 18.5. The molecule has 0 spiro atoms. The Labute approximate surface area is 192 Å². The third-order valence-electron chi connectivity index (χ3n) is 4.81. The average Bonchev–Trinajstić information content (AvgIpc) is 2.83. The first-order chi connectivity index (χ1) is 16.0. The minimum Gasteiger partial charge on any atom is -0.492 e. The summed E-state index contributed by atoms with van der Waals surface area (Å²) >= 11 is 0. The summed E-state index contributed by atoms with van der Waals surface area (Å²) in [4.78, 5) is 36.2. The van der Waals surface area contributed by atoms with Gasteiger partial charge in [0.25, 0.3) is 5.56 Å². The molecule has 3 rings (SSSR count). The van der Waals surface area contributed by atoms with E-state index in [9.17, 15) is 14.4 Å². The Morgan fingerprint density at radius 2 is 1.73 bits per heavy atom. The summed E-state index contributed by atoms with van der Waals surface area (Å²) in [6.45, 7) is 2.63. The molecule has 33 heavy (non-hydrogen) atoms. The molecule has 0 unspecified atom stereocenters. The first-order valence-electron chi connectivity index (χ1n) is 10.8. The summed E-state index contributed by atoms with van der Waals surface area (Å²) in [5.41, 5.74) is 1.94. The largest absolute Gasteiger partial charge is 0.492 e. The Bertz CT molecular complexity index is 1110. The molecule has 0 aliphatic rings. The van der Waals surface area contributed by atoms with Crippen molar-refractivity contribution in [3.05, 3.63) is 93.9 Å². The Balaban J connectivity index is 1.38. The average molecular weight is 450 g/mol. The van der Waals surface area contributed by atoms with E-state index in [0.29, 0.717) is 18.6 Å². The van der Waals surface area contributed by atoms with Crippen LogP contribution in [0.4, 0.5) is 0 Å². The van der Waals surface area contributed by atoms with E-state index in [1.165, 1.54) is 17.7 Å². The molecule has 0 saturated heterocycles. The van der Waals surface area contributed by atoms with Gasteiger partial charge in [0.2, 0.25) is 5.91 Å². The molecule has 8 heteroatoms. The summed E-state index contributed by atoms with van der Waals surface area (Å²) in [6.07, 6.45) is 1.000. The number of rotatable bonds is 11. The maximum Gasteiger partial charge on any atom is 0.358 e. The molecule has 0 fully saturated rings. The highest BCUT2D eigenvalue weighted by atomic mass is 16.5. The molecule has 0 aliphatic heterocycles. The van der Waals surface area contributed by atoms with E-state index in [1.807, 2.05) is 61.5 Å². The number of aromatic nitrogens is 2. The molecule has 0 radical (unpaired) electrons. The highest BCUT2D eigenvalue weighted by Gasteiger charge is 2.12. The third-order valence-corrected chi connectivity index (χ3v) is 4.81. The summed E-state index contributed by atoms with van der Waals surface area (Å²) in [7, 11) is 0. The fourth-order valence-electron chi connectivity index (χ4n) is 2.99. The molecule has 2 aromatic carbocycles. The van der Waals surface area contributed by atoms with Crippen molar-refractivity contribution in [3.63, 3.8) is 0 Å². The van der Waals surface area contributed by atoms with Crippen LogP contribution in [-0.2, 0) is 22.5 Å². The zero-order chi connectivity index (χ0) is 23.5. The van der Waals surface area contributed by atoms with Gasteiger partial charge in [-0.15, -0.1) is 0 Å². The van der Waals surface area contributed by atoms with Crippen molar-refractivity contribution in [1.82, 2.24) is 15.1 Å². The predicted molar refractivity (Wildman–Crippen MR) is 123 cm³/mol. The van der Waals surface area contributed by atoms with Crippen LogP contribution in [-0.4, -0.2) is 41.4 Å². The number of para-hydroxylation sites is 1. The van der Waals surface area contributed by atoms with Gasteiger partial charge in [-0.3, -0.25) is 9.59 Å². The quantitative estimate of drug-likeness (QED) is 0.357. The van der Waals surface area contributed by atoms with Crippen molar-refractivity contribution in [2.75, 3.05) is 19.8 Å². The van der Waals surface area contributed by atoms with E-state index in [4.69, 9.17) is 9.47 Å². The zero-order valence-electron chi connectivity index (χ0n) is 18.5. The smallest absolute Gasteiger partial charge is 0.358 e. The number of aryl methyl sites for hydroxylation is 2. The molecule has 0 atom stereocenters. The van der Waals surface area contributed by atoms with Crippen LogP contribution < -0.4 is 15.6 Å². The maximum atomic E-state index is 12.2. The SMILES string of the molecule is Cc1ccc(CCC(=O)NCCOC(=O)c2ccc(=O)n(CCOc3ccccc3)n2)cc1. The topological polar surface area (TPSA) is 99.5 Å². The molecule has 172 valence electrons. The number of hydrogen-bond donors (Lipinski definition) is 1. The van der Waals surface area contributed by atoms with Gasteiger partial charge in [0.05, 0.1) is 13.1 Å². The highest BCUT2D eigenvalue weighted by Crippen LogP contribution is 2.08. The van der Waals surface area contributed by atoms with Gasteiger partial charge in [-0.1, -0.05) is 48.0 Å². The molecule has 3 aromatic rings. The number of amides is 1. The summed E-state index contributed by atoms with van der Waals surface area (Å²) in [5.74, 6) is -0.0969. The molecule has 8 nitrogen and oxygen atoms in total. The number of carbonyl (C=O) groups excluding carboxylic acids is 2. The van der Waals surface area contributed by atoms with Gasteiger partial charge in [-0.05, 0) is 37.1 Å². The van der Waals surface area contributed by atoms with Crippen LogP contribution in [0.1, 0.15) is 28.0 Å². The second-order valence-corrected chi connectivity index (χ2v) is 7.41. The van der Waals surface area contributed by atoms with Crippen molar-refractivity contribution in [3.8, 4) is 5.75 Å². The monoisotopic (exact) mass is 449 g/mol. The van der Waals surface area contributed by atoms with Gasteiger partial charge in [0, 0.05) is 12.5 Å². The van der Waals surface area contributed by atoms with Crippen LogP contribution in [0, 0.1) is 6.92 Å². The van der Waals surface area contributed by atoms with Crippen molar-refractivity contribution < 1.29 is 19.1 Å². The molecular formula is C25H27N3O5. The minimum absolute atomic E-state index is 0.00697. The number of benzene rings is 2. The molecule has 0 aliphatic carbocycles. The number of nitrogens with zero attached hydrogens (tertiary/aromatic N) is 2. The van der Waals surface area contributed by atoms with Crippen molar-refractivity contribution in [1.29, 1.82) is 0 Å². The number of carbonyl (C=O) groups is 2. The molecule has 0 saturated carbocycles. The molecule has 1 N–H and O–H groups in total. The van der Waals surface area contributed by atoms with Gasteiger partial charge in [0.15, 0.2) is 5.69 Å². The van der Waals surface area contributed by atoms with Gasteiger partial charge < -0.3 is 14.8 Å². The normalized spacial score (nSPS) is 10.5. The standard InChI is InChI=1S/C25H27N3O5/c1-19-7-9-20(10-8-19)11-13-23(29)26-15-17-33-25(31)22-12-14-24(30)28(27-22)16-18-32-21-5-3-2-4-6-21/h2-10,12,14H,11,13,15-18H2,1H3,(H,26,29). The number of nitrogens with one attached hydrogen (secondary N) is 1. The maximum absolute atomic E-state index is 12.2. The number of hydrogen-bond acceptors (Lipinski definition) is 6. The highest BCUT2D eigenvalue weighted by molar-refractivity contribution is 5.86. The van der Waals surface area contributed by atoms with E-state index < -0.39 is 5.97 Å². The fraction of sp³-hybridized carbons (Fsp3) is 0.280. The van der Waals surface area contributed by atoms with Gasteiger partial charge in [-0.25, -0.2) is 9.48 Å². The second kappa shape index (κ2) is 12.2. The first-order valence-corrected chi connectivity index (χ1v) is 10.8. The van der Waals surface area contributed by atoms with Crippen LogP contribution in [0.25, 0.3) is 0 Å². The van der Waals surface area contributed by atoms with Crippen LogP contribution in [0.2, 0.25) is 0 Å². The van der Waals surface area contributed by atoms with E-state index in [1.54, 1.807) is 0 Å². The van der Waals surface area contributed by atoms with Crippen molar-refractivity contribution in [2.24, 2.45) is 0 Å². The van der Waals surface area contributed by atoms with Gasteiger partial charge in [0.1, 0.15) is 19.0 Å². The summed E-state index contributed by atoms with van der Waals surface area (Å²) in [5, 5.41) is 6.78. The van der Waals surface area contributed by atoms with Crippen LogP contribution in [0.3, 0.4) is 0 Å². The Hall–Kier alpha value is -3.94. The van der Waals surface area contributed by atoms with Crippen LogP contribution >= 0.6 is 0 Å². The lowest BCUT2D eigenvalue weighted by atomic mass is 10.1. The number of esters is 1. The predicted octanol–water partition coefficient (Wildman–Crippen LogP) is 2.54. The molecular weight excluding hydrogens is 422 g/mol. The lowest BCUT2D eigenvalue weighted by Crippen LogP contribution is -2.29. The van der Waals surface area contributed by atoms with E-state index in [-0.39, 0.29) is 43.5 Å².